The summed E-state index contributed by atoms with van der Waals surface area (Å²) in [6.07, 6.45) is 3.20. The van der Waals surface area contributed by atoms with Crippen molar-refractivity contribution < 1.29 is 9.59 Å². The van der Waals surface area contributed by atoms with E-state index >= 15 is 0 Å². The van der Waals surface area contributed by atoms with Crippen LogP contribution in [-0.2, 0) is 11.3 Å². The number of rotatable bonds is 7. The van der Waals surface area contributed by atoms with Crippen LogP contribution in [0.3, 0.4) is 0 Å². The summed E-state index contributed by atoms with van der Waals surface area (Å²) in [5, 5.41) is 3.06. The van der Waals surface area contributed by atoms with Gasteiger partial charge >= 0.3 is 0 Å². The Labute approximate surface area is 150 Å². The van der Waals surface area contributed by atoms with E-state index in [0.29, 0.717) is 25.4 Å². The molecule has 1 fully saturated rings. The summed E-state index contributed by atoms with van der Waals surface area (Å²) < 4.78 is 0. The fraction of sp³-hybridized carbons (Fsp3) is 0.600. The Morgan fingerprint density at radius 2 is 1.92 bits per heavy atom. The Hall–Kier alpha value is -1.88. The van der Waals surface area contributed by atoms with E-state index in [1.54, 1.807) is 4.90 Å². The number of hydrogen-bond acceptors (Lipinski definition) is 3. The maximum atomic E-state index is 12.8. The molecule has 0 radical (unpaired) electrons. The number of likely N-dealkylation sites (tertiary alicyclic amines) is 1. The molecule has 2 aliphatic heterocycles. The van der Waals surface area contributed by atoms with Gasteiger partial charge in [0, 0.05) is 25.2 Å². The molecule has 1 aromatic rings. The topological polar surface area (TPSA) is 52.7 Å². The number of amides is 2. The highest BCUT2D eigenvalue weighted by Gasteiger charge is 2.36. The zero-order valence-corrected chi connectivity index (χ0v) is 15.3. The lowest BCUT2D eigenvalue weighted by Gasteiger charge is -2.28. The van der Waals surface area contributed by atoms with Crippen LogP contribution in [0.4, 0.5) is 0 Å². The van der Waals surface area contributed by atoms with Crippen molar-refractivity contribution in [3.05, 3.63) is 35.4 Å². The molecule has 1 unspecified atom stereocenters. The second-order valence-electron chi connectivity index (χ2n) is 7.58. The molecule has 1 atom stereocenters. The van der Waals surface area contributed by atoms with Gasteiger partial charge in [-0.05, 0) is 49.9 Å². The SMILES string of the molecule is CC(C)CC(C(=O)NCCN1CCCC1)N1Cc2ccccc2C1=O. The molecular weight excluding hydrogens is 314 g/mol. The first kappa shape index (κ1) is 17.9. The number of hydrogen-bond donors (Lipinski definition) is 1. The minimum absolute atomic E-state index is 0.0176. The van der Waals surface area contributed by atoms with Crippen LogP contribution in [0.1, 0.15) is 49.0 Å². The van der Waals surface area contributed by atoms with E-state index in [1.807, 2.05) is 24.3 Å². The minimum Gasteiger partial charge on any atom is -0.353 e. The minimum atomic E-state index is -0.390. The normalized spacial score (nSPS) is 18.7. The van der Waals surface area contributed by atoms with Crippen LogP contribution in [0.25, 0.3) is 0 Å². The number of nitrogens with one attached hydrogen (secondary N) is 1. The van der Waals surface area contributed by atoms with Crippen LogP contribution in [0, 0.1) is 5.92 Å². The second kappa shape index (κ2) is 8.00. The lowest BCUT2D eigenvalue weighted by molar-refractivity contribution is -0.126. The third-order valence-electron chi connectivity index (χ3n) is 5.15. The largest absolute Gasteiger partial charge is 0.353 e. The fourth-order valence-electron chi connectivity index (χ4n) is 3.81. The van der Waals surface area contributed by atoms with E-state index in [0.717, 1.165) is 30.8 Å². The van der Waals surface area contributed by atoms with Gasteiger partial charge in [0.05, 0.1) is 0 Å². The van der Waals surface area contributed by atoms with Gasteiger partial charge in [0.25, 0.3) is 5.91 Å². The first-order valence-corrected chi connectivity index (χ1v) is 9.45. The molecule has 0 aliphatic carbocycles. The van der Waals surface area contributed by atoms with Gasteiger partial charge in [-0.15, -0.1) is 0 Å². The monoisotopic (exact) mass is 343 g/mol. The number of benzene rings is 1. The van der Waals surface area contributed by atoms with Gasteiger partial charge in [-0.2, -0.15) is 0 Å². The van der Waals surface area contributed by atoms with E-state index in [4.69, 9.17) is 0 Å². The maximum Gasteiger partial charge on any atom is 0.255 e. The van der Waals surface area contributed by atoms with Crippen molar-refractivity contribution in [2.45, 2.75) is 45.7 Å². The van der Waals surface area contributed by atoms with Crippen molar-refractivity contribution in [3.63, 3.8) is 0 Å². The van der Waals surface area contributed by atoms with Gasteiger partial charge in [0.15, 0.2) is 0 Å². The molecule has 2 heterocycles. The highest BCUT2D eigenvalue weighted by Crippen LogP contribution is 2.26. The third-order valence-corrected chi connectivity index (χ3v) is 5.15. The van der Waals surface area contributed by atoms with Crippen LogP contribution in [0.5, 0.6) is 0 Å². The fourth-order valence-corrected chi connectivity index (χ4v) is 3.81. The van der Waals surface area contributed by atoms with Gasteiger partial charge < -0.3 is 15.1 Å². The van der Waals surface area contributed by atoms with Crippen molar-refractivity contribution >= 4 is 11.8 Å². The van der Waals surface area contributed by atoms with Crippen LogP contribution in [0.2, 0.25) is 0 Å². The molecule has 25 heavy (non-hydrogen) atoms. The first-order valence-electron chi connectivity index (χ1n) is 9.45. The Balaban J connectivity index is 1.63. The van der Waals surface area contributed by atoms with E-state index in [1.165, 1.54) is 12.8 Å². The van der Waals surface area contributed by atoms with E-state index in [2.05, 4.69) is 24.1 Å². The Morgan fingerprint density at radius 1 is 1.20 bits per heavy atom. The summed E-state index contributed by atoms with van der Waals surface area (Å²) in [4.78, 5) is 29.7. The molecule has 0 spiro atoms. The number of carbonyl (C=O) groups is 2. The summed E-state index contributed by atoms with van der Waals surface area (Å²) >= 11 is 0. The van der Waals surface area contributed by atoms with Gasteiger partial charge in [-0.1, -0.05) is 32.0 Å². The summed E-state index contributed by atoms with van der Waals surface area (Å²) in [6.45, 7) is 8.54. The molecule has 1 aromatic carbocycles. The highest BCUT2D eigenvalue weighted by molar-refractivity contribution is 6.01. The van der Waals surface area contributed by atoms with Crippen LogP contribution >= 0.6 is 0 Å². The molecule has 1 N–H and O–H groups in total. The molecule has 0 saturated carbocycles. The molecular formula is C20H29N3O2. The third kappa shape index (κ3) is 4.21. The summed E-state index contributed by atoms with van der Waals surface area (Å²) in [5.74, 6) is 0.316. The molecule has 3 rings (SSSR count). The smallest absolute Gasteiger partial charge is 0.255 e. The van der Waals surface area contributed by atoms with Crippen LogP contribution in [-0.4, -0.2) is 53.8 Å². The number of fused-ring (bicyclic) bond motifs is 1. The molecule has 136 valence electrons. The summed E-state index contributed by atoms with van der Waals surface area (Å²) in [6, 6.07) is 7.27. The molecule has 0 bridgehead atoms. The zero-order chi connectivity index (χ0) is 17.8. The lowest BCUT2D eigenvalue weighted by Crippen LogP contribution is -2.49. The van der Waals surface area contributed by atoms with Crippen molar-refractivity contribution in [1.82, 2.24) is 15.1 Å². The predicted octanol–water partition coefficient (Wildman–Crippen LogP) is 2.27. The quantitative estimate of drug-likeness (QED) is 0.826. The number of carbonyl (C=O) groups excluding carboxylic acids is 2. The van der Waals surface area contributed by atoms with Crippen molar-refractivity contribution in [2.75, 3.05) is 26.2 Å². The Kier molecular flexibility index (Phi) is 5.74. The second-order valence-corrected chi connectivity index (χ2v) is 7.58. The standard InChI is InChI=1S/C20H29N3O2/c1-15(2)13-18(19(24)21-9-12-22-10-5-6-11-22)23-14-16-7-3-4-8-17(16)20(23)25/h3-4,7-8,15,18H,5-6,9-14H2,1-2H3,(H,21,24). The highest BCUT2D eigenvalue weighted by atomic mass is 16.2. The summed E-state index contributed by atoms with van der Waals surface area (Å²) in [7, 11) is 0. The van der Waals surface area contributed by atoms with Crippen molar-refractivity contribution in [2.24, 2.45) is 5.92 Å². The lowest BCUT2D eigenvalue weighted by atomic mass is 10.0. The molecule has 2 aliphatic rings. The molecule has 5 heteroatoms. The van der Waals surface area contributed by atoms with E-state index < -0.39 is 6.04 Å². The first-order chi connectivity index (χ1) is 12.1. The van der Waals surface area contributed by atoms with Gasteiger partial charge in [-0.3, -0.25) is 9.59 Å². The molecule has 0 aromatic heterocycles. The molecule has 1 saturated heterocycles. The van der Waals surface area contributed by atoms with Crippen molar-refractivity contribution in [1.29, 1.82) is 0 Å². The van der Waals surface area contributed by atoms with Crippen LogP contribution in [0.15, 0.2) is 24.3 Å². The molecule has 2 amide bonds. The summed E-state index contributed by atoms with van der Waals surface area (Å²) in [5.41, 5.74) is 1.76. The zero-order valence-electron chi connectivity index (χ0n) is 15.3. The number of nitrogens with zero attached hydrogens (tertiary/aromatic N) is 2. The van der Waals surface area contributed by atoms with E-state index in [-0.39, 0.29) is 11.8 Å². The Morgan fingerprint density at radius 3 is 2.60 bits per heavy atom. The maximum absolute atomic E-state index is 12.8. The average Bonchev–Trinajstić information content (AvgIpc) is 3.21. The van der Waals surface area contributed by atoms with Gasteiger partial charge in [0.2, 0.25) is 5.91 Å². The van der Waals surface area contributed by atoms with Crippen molar-refractivity contribution in [3.8, 4) is 0 Å². The molecule has 5 nitrogen and oxygen atoms in total. The Bertz CT molecular complexity index is 623. The average molecular weight is 343 g/mol. The predicted molar refractivity (Wildman–Crippen MR) is 98.2 cm³/mol. The van der Waals surface area contributed by atoms with Gasteiger partial charge in [0.1, 0.15) is 6.04 Å². The van der Waals surface area contributed by atoms with Crippen LogP contribution < -0.4 is 5.32 Å². The van der Waals surface area contributed by atoms with Gasteiger partial charge in [-0.25, -0.2) is 0 Å². The van der Waals surface area contributed by atoms with E-state index in [9.17, 15) is 9.59 Å².